The lowest BCUT2D eigenvalue weighted by Gasteiger charge is -2.29. The number of hydrogen-bond acceptors (Lipinski definition) is 6. The molecule has 1 aromatic heterocycles. The van der Waals surface area contributed by atoms with E-state index in [4.69, 9.17) is 10.5 Å². The quantitative estimate of drug-likeness (QED) is 0.824. The minimum absolute atomic E-state index is 0.108. The van der Waals surface area contributed by atoms with Gasteiger partial charge < -0.3 is 15.4 Å². The molecule has 0 atom stereocenters. The summed E-state index contributed by atoms with van der Waals surface area (Å²) in [6, 6.07) is 9.38. The largest absolute Gasteiger partial charge is 0.383 e. The van der Waals surface area contributed by atoms with Crippen molar-refractivity contribution in [3.05, 3.63) is 57.5 Å². The normalized spacial score (nSPS) is 17.1. The van der Waals surface area contributed by atoms with Gasteiger partial charge in [-0.15, -0.1) is 0 Å². The second kappa shape index (κ2) is 7.62. The van der Waals surface area contributed by atoms with Crippen LogP contribution >= 0.6 is 0 Å². The standard InChI is InChI=1S/C23H20FN5O/c1-13-16(21-14(2)18(12-26)23(27)28-22(21)17(13)11-25)9-15-3-4-20(19(24)10-15)29-5-7-30-8-6-29/h3-4,9-10H,5-8H2,1-2H3,(H2,27,28)/b16-9-. The van der Waals surface area contributed by atoms with E-state index in [-0.39, 0.29) is 11.6 Å². The van der Waals surface area contributed by atoms with Crippen LogP contribution in [0, 0.1) is 35.4 Å². The van der Waals surface area contributed by atoms with Crippen LogP contribution in [-0.2, 0) is 4.74 Å². The second-order valence-electron chi connectivity index (χ2n) is 7.31. The number of benzene rings is 1. The molecule has 0 amide bonds. The molecule has 0 radical (unpaired) electrons. The predicted octanol–water partition coefficient (Wildman–Crippen LogP) is 3.67. The molecule has 1 aliphatic carbocycles. The summed E-state index contributed by atoms with van der Waals surface area (Å²) in [6.45, 7) is 6.09. The monoisotopic (exact) mass is 401 g/mol. The maximum absolute atomic E-state index is 14.8. The van der Waals surface area contributed by atoms with E-state index in [1.807, 2.05) is 24.0 Å². The molecule has 1 aromatic carbocycles. The summed E-state index contributed by atoms with van der Waals surface area (Å²) in [4.78, 5) is 6.28. The van der Waals surface area contributed by atoms with Gasteiger partial charge in [0.15, 0.2) is 0 Å². The van der Waals surface area contributed by atoms with Crippen LogP contribution in [0.25, 0.3) is 17.2 Å². The number of rotatable bonds is 2. The zero-order valence-corrected chi connectivity index (χ0v) is 16.8. The molecule has 2 aromatic rings. The highest BCUT2D eigenvalue weighted by atomic mass is 19.1. The average Bonchev–Trinajstić information content (AvgIpc) is 2.99. The van der Waals surface area contributed by atoms with Gasteiger partial charge in [-0.25, -0.2) is 9.37 Å². The Labute approximate surface area is 174 Å². The van der Waals surface area contributed by atoms with Crippen LogP contribution in [0.3, 0.4) is 0 Å². The molecule has 0 saturated carbocycles. The van der Waals surface area contributed by atoms with Gasteiger partial charge in [0.05, 0.1) is 35.7 Å². The number of nitriles is 2. The van der Waals surface area contributed by atoms with Crippen molar-refractivity contribution in [2.24, 2.45) is 0 Å². The number of hydrogen-bond donors (Lipinski definition) is 1. The zero-order valence-electron chi connectivity index (χ0n) is 16.8. The van der Waals surface area contributed by atoms with E-state index in [1.165, 1.54) is 6.07 Å². The Kier molecular flexibility index (Phi) is 4.99. The van der Waals surface area contributed by atoms with Crippen molar-refractivity contribution in [1.29, 1.82) is 10.5 Å². The fourth-order valence-corrected chi connectivity index (χ4v) is 4.04. The summed E-state index contributed by atoms with van der Waals surface area (Å²) in [5.74, 6) is -0.201. The molecule has 4 rings (SSSR count). The Morgan fingerprint density at radius 2 is 1.93 bits per heavy atom. The third-order valence-electron chi connectivity index (χ3n) is 5.62. The minimum atomic E-state index is -0.309. The molecule has 6 nitrogen and oxygen atoms in total. The van der Waals surface area contributed by atoms with Gasteiger partial charge >= 0.3 is 0 Å². The number of halogens is 1. The molecule has 2 aliphatic rings. The van der Waals surface area contributed by atoms with Crippen molar-refractivity contribution in [3.63, 3.8) is 0 Å². The molecule has 1 fully saturated rings. The van der Waals surface area contributed by atoms with Gasteiger partial charge in [-0.05, 0) is 54.3 Å². The fraction of sp³-hybridized carbons (Fsp3) is 0.261. The number of allylic oxidation sites excluding steroid dienone is 3. The lowest BCUT2D eigenvalue weighted by molar-refractivity contribution is 0.122. The first-order chi connectivity index (χ1) is 14.5. The summed E-state index contributed by atoms with van der Waals surface area (Å²) >= 11 is 0. The first-order valence-corrected chi connectivity index (χ1v) is 9.62. The molecule has 0 unspecified atom stereocenters. The maximum atomic E-state index is 14.8. The molecule has 0 spiro atoms. The SMILES string of the molecule is CC1=C(C#N)c2nc(N)c(C#N)c(C)c2/C1=C\c1ccc(N2CCOCC2)c(F)c1. The van der Waals surface area contributed by atoms with Gasteiger partial charge in [-0.2, -0.15) is 10.5 Å². The van der Waals surface area contributed by atoms with Crippen LogP contribution in [-0.4, -0.2) is 31.3 Å². The molecule has 1 aliphatic heterocycles. The van der Waals surface area contributed by atoms with E-state index in [0.717, 1.165) is 11.1 Å². The summed E-state index contributed by atoms with van der Waals surface area (Å²) in [5.41, 5.74) is 11.2. The molecular weight excluding hydrogens is 381 g/mol. The van der Waals surface area contributed by atoms with Gasteiger partial charge in [-0.3, -0.25) is 0 Å². The number of nitrogens with two attached hydrogens (primary N) is 1. The average molecular weight is 401 g/mol. The lowest BCUT2D eigenvalue weighted by Crippen LogP contribution is -2.36. The number of pyridine rings is 1. The first-order valence-electron chi connectivity index (χ1n) is 9.62. The van der Waals surface area contributed by atoms with Crippen molar-refractivity contribution in [3.8, 4) is 12.1 Å². The summed E-state index contributed by atoms with van der Waals surface area (Å²) < 4.78 is 20.2. The van der Waals surface area contributed by atoms with Crippen LogP contribution in [0.4, 0.5) is 15.9 Å². The molecule has 0 bridgehead atoms. The highest BCUT2D eigenvalue weighted by molar-refractivity contribution is 6.08. The molecule has 7 heteroatoms. The van der Waals surface area contributed by atoms with E-state index >= 15 is 0 Å². The van der Waals surface area contributed by atoms with Crippen molar-refractivity contribution >= 4 is 28.7 Å². The number of ether oxygens (including phenoxy) is 1. The molecular formula is C23H20FN5O. The molecule has 30 heavy (non-hydrogen) atoms. The van der Waals surface area contributed by atoms with Crippen molar-refractivity contribution in [2.45, 2.75) is 13.8 Å². The summed E-state index contributed by atoms with van der Waals surface area (Å²) in [7, 11) is 0. The number of anilines is 2. The fourth-order valence-electron chi connectivity index (χ4n) is 4.04. The highest BCUT2D eigenvalue weighted by Gasteiger charge is 2.29. The van der Waals surface area contributed by atoms with Crippen LogP contribution in [0.1, 0.15) is 34.9 Å². The Balaban J connectivity index is 1.82. The summed E-state index contributed by atoms with van der Waals surface area (Å²) in [6.07, 6.45) is 1.83. The van der Waals surface area contributed by atoms with Gasteiger partial charge in [0.1, 0.15) is 23.8 Å². The van der Waals surface area contributed by atoms with Gasteiger partial charge in [0.2, 0.25) is 0 Å². The highest BCUT2D eigenvalue weighted by Crippen LogP contribution is 2.44. The third kappa shape index (κ3) is 3.10. The second-order valence-corrected chi connectivity index (χ2v) is 7.31. The lowest BCUT2D eigenvalue weighted by atomic mass is 9.95. The Hall–Kier alpha value is -3.68. The van der Waals surface area contributed by atoms with E-state index < -0.39 is 0 Å². The van der Waals surface area contributed by atoms with E-state index in [0.29, 0.717) is 65.5 Å². The molecule has 2 N–H and O–H groups in total. The number of nitrogens with zero attached hydrogens (tertiary/aromatic N) is 4. The number of nitrogen functional groups attached to an aromatic ring is 1. The van der Waals surface area contributed by atoms with Crippen LogP contribution in [0.2, 0.25) is 0 Å². The van der Waals surface area contributed by atoms with E-state index in [9.17, 15) is 14.9 Å². The Bertz CT molecular complexity index is 1190. The van der Waals surface area contributed by atoms with Crippen molar-refractivity contribution in [2.75, 3.05) is 36.9 Å². The van der Waals surface area contributed by atoms with Crippen LogP contribution < -0.4 is 10.6 Å². The van der Waals surface area contributed by atoms with Crippen LogP contribution in [0.5, 0.6) is 0 Å². The van der Waals surface area contributed by atoms with Crippen molar-refractivity contribution in [1.82, 2.24) is 4.98 Å². The maximum Gasteiger partial charge on any atom is 0.147 e. The van der Waals surface area contributed by atoms with Gasteiger partial charge in [0, 0.05) is 18.7 Å². The molecule has 2 heterocycles. The smallest absolute Gasteiger partial charge is 0.147 e. The number of fused-ring (bicyclic) bond motifs is 1. The predicted molar refractivity (Wildman–Crippen MR) is 114 cm³/mol. The Morgan fingerprint density at radius 1 is 1.20 bits per heavy atom. The third-order valence-corrected chi connectivity index (χ3v) is 5.62. The zero-order chi connectivity index (χ0) is 21.4. The minimum Gasteiger partial charge on any atom is -0.383 e. The van der Waals surface area contributed by atoms with E-state index in [1.54, 1.807) is 13.0 Å². The van der Waals surface area contributed by atoms with E-state index in [2.05, 4.69) is 17.1 Å². The van der Waals surface area contributed by atoms with Crippen molar-refractivity contribution < 1.29 is 9.13 Å². The Morgan fingerprint density at radius 3 is 2.57 bits per heavy atom. The number of aromatic nitrogens is 1. The molecule has 1 saturated heterocycles. The topological polar surface area (TPSA) is 99.0 Å². The van der Waals surface area contributed by atoms with Gasteiger partial charge in [0.25, 0.3) is 0 Å². The van der Waals surface area contributed by atoms with Crippen LogP contribution in [0.15, 0.2) is 23.8 Å². The first kappa shape index (κ1) is 19.6. The molecule has 150 valence electrons. The van der Waals surface area contributed by atoms with Gasteiger partial charge in [-0.1, -0.05) is 6.07 Å². The summed E-state index contributed by atoms with van der Waals surface area (Å²) in [5, 5.41) is 19.1. The number of morpholine rings is 1.